The number of rotatable bonds is 5. The summed E-state index contributed by atoms with van der Waals surface area (Å²) in [5.74, 6) is -0.764. The van der Waals surface area contributed by atoms with Gasteiger partial charge in [-0.3, -0.25) is 19.7 Å². The van der Waals surface area contributed by atoms with Gasteiger partial charge in [-0.1, -0.05) is 18.2 Å². The average Bonchev–Trinajstić information content (AvgIpc) is 3.43. The van der Waals surface area contributed by atoms with Crippen LogP contribution in [-0.2, 0) is 27.4 Å². The van der Waals surface area contributed by atoms with E-state index in [1.165, 1.54) is 6.42 Å². The first-order chi connectivity index (χ1) is 14.5. The zero-order valence-corrected chi connectivity index (χ0v) is 17.0. The van der Waals surface area contributed by atoms with Gasteiger partial charge in [0, 0.05) is 43.6 Å². The van der Waals surface area contributed by atoms with Crippen LogP contribution in [0.2, 0.25) is 0 Å². The lowest BCUT2D eigenvalue weighted by atomic mass is 9.85. The minimum absolute atomic E-state index is 0.120. The van der Waals surface area contributed by atoms with Crippen LogP contribution in [0.5, 0.6) is 0 Å². The molecule has 3 N–H and O–H groups in total. The molecule has 4 aliphatic heterocycles. The lowest BCUT2D eigenvalue weighted by molar-refractivity contribution is -0.136. The quantitative estimate of drug-likeness (QED) is 0.602. The standard InChI is InChI=1S/C22H28N4O4/c27-18-5-4-17(20(28)25-18)26-11-15-3-1-2-14(19(15)21(26)29)9-24-10-16-8-22(13-30-16)6-7-23-12-22/h1-3,16-17,23-24H,4-13H2,(H,25,27,28). The van der Waals surface area contributed by atoms with E-state index in [4.69, 9.17) is 4.74 Å². The highest BCUT2D eigenvalue weighted by atomic mass is 16.5. The van der Waals surface area contributed by atoms with Crippen molar-refractivity contribution >= 4 is 17.7 Å². The molecule has 0 aliphatic carbocycles. The van der Waals surface area contributed by atoms with E-state index < -0.39 is 6.04 Å². The third kappa shape index (κ3) is 3.53. The maximum Gasteiger partial charge on any atom is 0.255 e. The normalized spacial score (nSPS) is 30.9. The Morgan fingerprint density at radius 2 is 2.17 bits per heavy atom. The molecule has 1 aromatic carbocycles. The molecule has 8 heteroatoms. The number of benzene rings is 1. The van der Waals surface area contributed by atoms with Crippen molar-refractivity contribution in [2.75, 3.05) is 26.2 Å². The van der Waals surface area contributed by atoms with Crippen molar-refractivity contribution in [1.82, 2.24) is 20.9 Å². The Hall–Kier alpha value is -2.29. The number of hydrogen-bond donors (Lipinski definition) is 3. The molecule has 5 rings (SSSR count). The lowest BCUT2D eigenvalue weighted by Crippen LogP contribution is -2.52. The van der Waals surface area contributed by atoms with E-state index in [2.05, 4.69) is 16.0 Å². The van der Waals surface area contributed by atoms with Crippen LogP contribution in [0, 0.1) is 5.41 Å². The lowest BCUT2D eigenvalue weighted by Gasteiger charge is -2.29. The number of carbonyl (C=O) groups excluding carboxylic acids is 3. The first kappa shape index (κ1) is 19.7. The summed E-state index contributed by atoms with van der Waals surface area (Å²) < 4.78 is 6.01. The molecule has 160 valence electrons. The first-order valence-electron chi connectivity index (χ1n) is 10.8. The highest BCUT2D eigenvalue weighted by Gasteiger charge is 2.42. The Kier molecular flexibility index (Phi) is 5.08. The molecule has 0 radical (unpaired) electrons. The summed E-state index contributed by atoms with van der Waals surface area (Å²) in [6.07, 6.45) is 3.11. The first-order valence-corrected chi connectivity index (χ1v) is 10.8. The smallest absolute Gasteiger partial charge is 0.255 e. The van der Waals surface area contributed by atoms with E-state index >= 15 is 0 Å². The van der Waals surface area contributed by atoms with E-state index in [9.17, 15) is 14.4 Å². The van der Waals surface area contributed by atoms with Gasteiger partial charge in [0.15, 0.2) is 0 Å². The van der Waals surface area contributed by atoms with Gasteiger partial charge in [-0.15, -0.1) is 0 Å². The maximum atomic E-state index is 13.1. The van der Waals surface area contributed by atoms with E-state index in [1.807, 2.05) is 18.2 Å². The second-order valence-corrected chi connectivity index (χ2v) is 9.05. The number of ether oxygens (including phenoxy) is 1. The van der Waals surface area contributed by atoms with Gasteiger partial charge in [0.1, 0.15) is 6.04 Å². The van der Waals surface area contributed by atoms with Crippen molar-refractivity contribution in [1.29, 1.82) is 0 Å². The summed E-state index contributed by atoms with van der Waals surface area (Å²) in [6, 6.07) is 5.30. The van der Waals surface area contributed by atoms with Crippen LogP contribution in [0.25, 0.3) is 0 Å². The van der Waals surface area contributed by atoms with Gasteiger partial charge in [0.25, 0.3) is 5.91 Å². The fourth-order valence-corrected chi connectivity index (χ4v) is 5.32. The fraction of sp³-hybridized carbons (Fsp3) is 0.591. The Bertz CT molecular complexity index is 880. The summed E-state index contributed by atoms with van der Waals surface area (Å²) in [5, 5.41) is 9.26. The second-order valence-electron chi connectivity index (χ2n) is 9.05. The molecule has 3 saturated heterocycles. The van der Waals surface area contributed by atoms with Gasteiger partial charge < -0.3 is 20.3 Å². The summed E-state index contributed by atoms with van der Waals surface area (Å²) >= 11 is 0. The molecule has 3 atom stereocenters. The molecule has 3 fully saturated rings. The van der Waals surface area contributed by atoms with E-state index in [0.717, 1.165) is 43.8 Å². The van der Waals surface area contributed by atoms with E-state index in [1.54, 1.807) is 4.90 Å². The van der Waals surface area contributed by atoms with Crippen molar-refractivity contribution in [2.45, 2.75) is 50.9 Å². The number of nitrogens with one attached hydrogen (secondary N) is 3. The third-order valence-corrected chi connectivity index (χ3v) is 6.94. The fourth-order valence-electron chi connectivity index (χ4n) is 5.32. The van der Waals surface area contributed by atoms with Crippen molar-refractivity contribution in [3.05, 3.63) is 34.9 Å². The minimum atomic E-state index is -0.577. The average molecular weight is 412 g/mol. The van der Waals surface area contributed by atoms with Crippen molar-refractivity contribution in [3.63, 3.8) is 0 Å². The molecule has 1 aromatic rings. The van der Waals surface area contributed by atoms with E-state index in [0.29, 0.717) is 30.5 Å². The van der Waals surface area contributed by atoms with Crippen molar-refractivity contribution in [3.8, 4) is 0 Å². The van der Waals surface area contributed by atoms with Crippen LogP contribution in [0.3, 0.4) is 0 Å². The van der Waals surface area contributed by atoms with Gasteiger partial charge >= 0.3 is 0 Å². The molecule has 3 unspecified atom stereocenters. The zero-order valence-electron chi connectivity index (χ0n) is 17.0. The number of amides is 3. The number of hydrogen-bond acceptors (Lipinski definition) is 6. The summed E-state index contributed by atoms with van der Waals surface area (Å²) in [6.45, 7) is 4.70. The monoisotopic (exact) mass is 412 g/mol. The molecule has 4 heterocycles. The molecule has 8 nitrogen and oxygen atoms in total. The van der Waals surface area contributed by atoms with Crippen LogP contribution in [-0.4, -0.2) is 61.0 Å². The number of nitrogens with zero attached hydrogens (tertiary/aromatic N) is 1. The van der Waals surface area contributed by atoms with E-state index in [-0.39, 0.29) is 30.2 Å². The van der Waals surface area contributed by atoms with Crippen LogP contribution in [0.4, 0.5) is 0 Å². The van der Waals surface area contributed by atoms with Crippen LogP contribution in [0.15, 0.2) is 18.2 Å². The van der Waals surface area contributed by atoms with Gasteiger partial charge in [0.2, 0.25) is 11.8 Å². The molecule has 0 saturated carbocycles. The van der Waals surface area contributed by atoms with Gasteiger partial charge in [-0.25, -0.2) is 0 Å². The van der Waals surface area contributed by atoms with Crippen LogP contribution < -0.4 is 16.0 Å². The highest BCUT2D eigenvalue weighted by Crippen LogP contribution is 2.37. The third-order valence-electron chi connectivity index (χ3n) is 6.94. The van der Waals surface area contributed by atoms with Crippen LogP contribution in [0.1, 0.15) is 47.2 Å². The van der Waals surface area contributed by atoms with Gasteiger partial charge in [-0.05, 0) is 36.9 Å². The largest absolute Gasteiger partial charge is 0.376 e. The molecule has 4 aliphatic rings. The second kappa shape index (κ2) is 7.76. The highest BCUT2D eigenvalue weighted by molar-refractivity contribution is 6.05. The maximum absolute atomic E-state index is 13.1. The summed E-state index contributed by atoms with van der Waals surface area (Å²) in [4.78, 5) is 38.4. The molecule has 3 amide bonds. The number of fused-ring (bicyclic) bond motifs is 1. The van der Waals surface area contributed by atoms with Gasteiger partial charge in [0.05, 0.1) is 12.7 Å². The Morgan fingerprint density at radius 1 is 1.27 bits per heavy atom. The molecule has 30 heavy (non-hydrogen) atoms. The Balaban J connectivity index is 1.22. The number of imide groups is 1. The topological polar surface area (TPSA) is 99.8 Å². The number of carbonyl (C=O) groups is 3. The molecule has 0 aromatic heterocycles. The minimum Gasteiger partial charge on any atom is -0.376 e. The zero-order chi connectivity index (χ0) is 20.7. The Morgan fingerprint density at radius 3 is 2.97 bits per heavy atom. The van der Waals surface area contributed by atoms with Crippen LogP contribution >= 0.6 is 0 Å². The Labute approximate surface area is 175 Å². The SMILES string of the molecule is O=C1CCC(N2Cc3cccc(CNCC4CC5(CCNC5)CO4)c3C2=O)C(=O)N1. The molecule has 1 spiro atoms. The molecule has 0 bridgehead atoms. The molecular formula is C22H28N4O4. The van der Waals surface area contributed by atoms with Crippen molar-refractivity contribution < 1.29 is 19.1 Å². The van der Waals surface area contributed by atoms with Crippen molar-refractivity contribution in [2.24, 2.45) is 5.41 Å². The predicted octanol–water partition coefficient (Wildman–Crippen LogP) is 0.306. The van der Waals surface area contributed by atoms with Gasteiger partial charge in [-0.2, -0.15) is 0 Å². The number of piperidine rings is 1. The predicted molar refractivity (Wildman–Crippen MR) is 108 cm³/mol. The molecular weight excluding hydrogens is 384 g/mol. The summed E-state index contributed by atoms with van der Waals surface area (Å²) in [7, 11) is 0. The summed E-state index contributed by atoms with van der Waals surface area (Å²) in [5.41, 5.74) is 2.89.